The molecule has 1 unspecified atom stereocenters. The predicted octanol–water partition coefficient (Wildman–Crippen LogP) is 0.361. The number of hydrogen-bond acceptors (Lipinski definition) is 6. The Kier molecular flexibility index (Phi) is 11.3. The van der Waals surface area contributed by atoms with E-state index in [1.54, 1.807) is 0 Å². The minimum Gasteiger partial charge on any atom is -0.355 e. The average molecular weight is 447 g/mol. The number of amides is 2. The van der Waals surface area contributed by atoms with E-state index in [0.29, 0.717) is 26.2 Å². The molecule has 2 aliphatic rings. The molecule has 2 amide bonds. The van der Waals surface area contributed by atoms with Gasteiger partial charge in [-0.15, -0.1) is 24.8 Å². The molecule has 10 heteroatoms. The lowest BCUT2D eigenvalue weighted by Crippen LogP contribution is -2.52. The maximum atomic E-state index is 12.7. The van der Waals surface area contributed by atoms with Crippen LogP contribution in [0, 0.1) is 5.92 Å². The van der Waals surface area contributed by atoms with Crippen LogP contribution < -0.4 is 16.0 Å². The molecule has 0 spiro atoms. The topological polar surface area (TPSA) is 94.8 Å². The lowest BCUT2D eigenvalue weighted by molar-refractivity contribution is -0.136. The summed E-state index contributed by atoms with van der Waals surface area (Å²) in [5, 5.41) is 2.84. The Balaban J connectivity index is 0.00000210. The number of carbonyl (C=O) groups excluding carboxylic acids is 2. The minimum atomic E-state index is -0.116. The lowest BCUT2D eigenvalue weighted by Gasteiger charge is -2.37. The van der Waals surface area contributed by atoms with Gasteiger partial charge in [-0.1, -0.05) is 6.07 Å². The number of hydrogen-bond donors (Lipinski definition) is 2. The predicted molar refractivity (Wildman–Crippen MR) is 119 cm³/mol. The van der Waals surface area contributed by atoms with Gasteiger partial charge >= 0.3 is 0 Å². The fourth-order valence-electron chi connectivity index (χ4n) is 3.72. The highest BCUT2D eigenvalue weighted by molar-refractivity contribution is 5.85. The van der Waals surface area contributed by atoms with Crippen molar-refractivity contribution < 1.29 is 9.59 Å². The first-order valence-electron chi connectivity index (χ1n) is 9.81. The van der Waals surface area contributed by atoms with Crippen molar-refractivity contribution in [1.82, 2.24) is 20.1 Å². The molecule has 164 valence electrons. The highest BCUT2D eigenvalue weighted by Gasteiger charge is 2.29. The van der Waals surface area contributed by atoms with Crippen LogP contribution in [0.15, 0.2) is 24.4 Å². The van der Waals surface area contributed by atoms with E-state index in [4.69, 9.17) is 5.73 Å². The van der Waals surface area contributed by atoms with Gasteiger partial charge in [0, 0.05) is 58.6 Å². The van der Waals surface area contributed by atoms with Crippen LogP contribution in [-0.2, 0) is 9.59 Å². The zero-order valence-electron chi connectivity index (χ0n) is 16.7. The van der Waals surface area contributed by atoms with Gasteiger partial charge in [-0.05, 0) is 25.0 Å². The van der Waals surface area contributed by atoms with Crippen LogP contribution in [-0.4, -0.2) is 85.5 Å². The number of nitrogens with zero attached hydrogens (tertiary/aromatic N) is 4. The van der Waals surface area contributed by atoms with Crippen molar-refractivity contribution in [2.75, 3.05) is 63.8 Å². The van der Waals surface area contributed by atoms with Crippen molar-refractivity contribution in [2.24, 2.45) is 11.7 Å². The molecule has 8 nitrogen and oxygen atoms in total. The Morgan fingerprint density at radius 1 is 1.14 bits per heavy atom. The van der Waals surface area contributed by atoms with Gasteiger partial charge in [0.15, 0.2) is 0 Å². The van der Waals surface area contributed by atoms with E-state index in [1.807, 2.05) is 29.3 Å². The first-order chi connectivity index (χ1) is 13.2. The number of nitrogens with two attached hydrogens (primary N) is 1. The average Bonchev–Trinajstić information content (AvgIpc) is 2.73. The Morgan fingerprint density at radius 3 is 2.55 bits per heavy atom. The first kappa shape index (κ1) is 25.4. The molecule has 0 saturated carbocycles. The van der Waals surface area contributed by atoms with Gasteiger partial charge in [-0.3, -0.25) is 14.5 Å². The van der Waals surface area contributed by atoms with E-state index >= 15 is 0 Å². The fourth-order valence-corrected chi connectivity index (χ4v) is 3.72. The molecule has 1 atom stereocenters. The van der Waals surface area contributed by atoms with Crippen molar-refractivity contribution in [1.29, 1.82) is 0 Å². The normalized spacial score (nSPS) is 19.7. The van der Waals surface area contributed by atoms with Crippen molar-refractivity contribution in [3.05, 3.63) is 24.4 Å². The van der Waals surface area contributed by atoms with Crippen molar-refractivity contribution in [3.63, 3.8) is 0 Å². The molecular formula is C19H32Cl2N6O2. The molecule has 2 fully saturated rings. The van der Waals surface area contributed by atoms with Crippen LogP contribution in [0.4, 0.5) is 5.82 Å². The zero-order chi connectivity index (χ0) is 19.1. The second-order valence-corrected chi connectivity index (χ2v) is 7.21. The van der Waals surface area contributed by atoms with Gasteiger partial charge in [0.2, 0.25) is 11.8 Å². The zero-order valence-corrected chi connectivity index (χ0v) is 18.3. The highest BCUT2D eigenvalue weighted by Crippen LogP contribution is 2.18. The van der Waals surface area contributed by atoms with Crippen molar-refractivity contribution in [2.45, 2.75) is 12.8 Å². The molecule has 3 N–H and O–H groups in total. The van der Waals surface area contributed by atoms with Gasteiger partial charge in [0.1, 0.15) is 5.82 Å². The lowest BCUT2D eigenvalue weighted by atomic mass is 9.97. The molecule has 3 heterocycles. The Hall–Kier alpha value is -1.61. The van der Waals surface area contributed by atoms with E-state index < -0.39 is 0 Å². The van der Waals surface area contributed by atoms with Gasteiger partial charge < -0.3 is 20.9 Å². The third kappa shape index (κ3) is 7.29. The fraction of sp³-hybridized carbons (Fsp3) is 0.632. The number of rotatable bonds is 6. The van der Waals surface area contributed by atoms with E-state index in [0.717, 1.165) is 51.4 Å². The summed E-state index contributed by atoms with van der Waals surface area (Å²) in [6.07, 6.45) is 3.52. The van der Waals surface area contributed by atoms with Crippen LogP contribution in [0.5, 0.6) is 0 Å². The Labute approximate surface area is 185 Å². The molecule has 0 bridgehead atoms. The SMILES string of the molecule is Cl.Cl.NCCNC(=O)C1CCCN(C(=O)CN2CCN(c3ccccn3)CC2)C1. The van der Waals surface area contributed by atoms with Gasteiger partial charge in [-0.2, -0.15) is 0 Å². The van der Waals surface area contributed by atoms with Crippen LogP contribution in [0.25, 0.3) is 0 Å². The molecule has 1 aromatic heterocycles. The van der Waals surface area contributed by atoms with Crippen molar-refractivity contribution in [3.8, 4) is 0 Å². The standard InChI is InChI=1S/C19H30N6O2.2ClH/c20-6-8-22-19(27)16-4-3-9-25(14-16)18(26)15-23-10-12-24(13-11-23)17-5-1-2-7-21-17;;/h1-2,5,7,16H,3-4,6,8-15,20H2,(H,22,27);2*1H. The van der Waals surface area contributed by atoms with Gasteiger partial charge in [-0.25, -0.2) is 4.98 Å². The van der Waals surface area contributed by atoms with Gasteiger partial charge in [0.05, 0.1) is 12.5 Å². The smallest absolute Gasteiger partial charge is 0.236 e. The molecule has 29 heavy (non-hydrogen) atoms. The molecule has 3 rings (SSSR count). The number of piperazine rings is 1. The Bertz CT molecular complexity index is 628. The summed E-state index contributed by atoms with van der Waals surface area (Å²) in [4.78, 5) is 35.6. The maximum Gasteiger partial charge on any atom is 0.236 e. The molecule has 2 saturated heterocycles. The third-order valence-electron chi connectivity index (χ3n) is 5.29. The second kappa shape index (κ2) is 12.8. The molecular weight excluding hydrogens is 415 g/mol. The van der Waals surface area contributed by atoms with E-state index in [2.05, 4.69) is 20.1 Å². The highest BCUT2D eigenvalue weighted by atomic mass is 35.5. The maximum absolute atomic E-state index is 12.7. The monoisotopic (exact) mass is 446 g/mol. The molecule has 0 aliphatic carbocycles. The molecule has 1 aromatic rings. The summed E-state index contributed by atoms with van der Waals surface area (Å²) in [6, 6.07) is 5.93. The number of halogens is 2. The number of pyridine rings is 1. The largest absolute Gasteiger partial charge is 0.355 e. The molecule has 0 aromatic carbocycles. The summed E-state index contributed by atoms with van der Waals surface area (Å²) in [5.74, 6) is 1.01. The van der Waals surface area contributed by atoms with Crippen LogP contribution in [0.3, 0.4) is 0 Å². The van der Waals surface area contributed by atoms with Crippen LogP contribution in [0.2, 0.25) is 0 Å². The summed E-state index contributed by atoms with van der Waals surface area (Å²) in [7, 11) is 0. The summed E-state index contributed by atoms with van der Waals surface area (Å²) >= 11 is 0. The third-order valence-corrected chi connectivity index (χ3v) is 5.29. The second-order valence-electron chi connectivity index (χ2n) is 7.21. The summed E-state index contributed by atoms with van der Waals surface area (Å²) in [6.45, 7) is 6.04. The van der Waals surface area contributed by atoms with E-state index in [-0.39, 0.29) is 42.5 Å². The number of anilines is 1. The summed E-state index contributed by atoms with van der Waals surface area (Å²) in [5.41, 5.74) is 5.44. The molecule has 2 aliphatic heterocycles. The van der Waals surface area contributed by atoms with E-state index in [1.165, 1.54) is 0 Å². The number of aromatic nitrogens is 1. The molecule has 0 radical (unpaired) electrons. The van der Waals surface area contributed by atoms with Gasteiger partial charge in [0.25, 0.3) is 0 Å². The first-order valence-corrected chi connectivity index (χ1v) is 9.81. The van der Waals surface area contributed by atoms with Crippen LogP contribution >= 0.6 is 24.8 Å². The number of likely N-dealkylation sites (tertiary alicyclic amines) is 1. The van der Waals surface area contributed by atoms with Crippen molar-refractivity contribution >= 4 is 42.4 Å². The number of piperidine rings is 1. The minimum absolute atomic E-state index is 0. The summed E-state index contributed by atoms with van der Waals surface area (Å²) < 4.78 is 0. The number of nitrogens with one attached hydrogen (secondary N) is 1. The number of carbonyl (C=O) groups is 2. The van der Waals surface area contributed by atoms with Crippen LogP contribution in [0.1, 0.15) is 12.8 Å². The Morgan fingerprint density at radius 2 is 1.90 bits per heavy atom. The van der Waals surface area contributed by atoms with E-state index in [9.17, 15) is 9.59 Å². The quantitative estimate of drug-likeness (QED) is 0.654.